The van der Waals surface area contributed by atoms with Crippen molar-refractivity contribution in [1.29, 1.82) is 0 Å². The number of carbonyl (C=O) groups is 3. The van der Waals surface area contributed by atoms with Gasteiger partial charge in [-0.25, -0.2) is 0 Å². The van der Waals surface area contributed by atoms with Crippen molar-refractivity contribution in [3.8, 4) is 0 Å². The van der Waals surface area contributed by atoms with Gasteiger partial charge in [0.25, 0.3) is 0 Å². The number of carbonyl (C=O) groups excluding carboxylic acids is 3. The summed E-state index contributed by atoms with van der Waals surface area (Å²) in [4.78, 5) is 37.5. The molecule has 0 N–H and O–H groups in total. The summed E-state index contributed by atoms with van der Waals surface area (Å²) in [5, 5.41) is 0. The maximum Gasteiger partial charge on any atom is 0.151 e. The summed E-state index contributed by atoms with van der Waals surface area (Å²) >= 11 is 0. The fraction of sp³-hybridized carbons (Fsp3) is 0.609. The van der Waals surface area contributed by atoms with Gasteiger partial charge in [0.2, 0.25) is 0 Å². The van der Waals surface area contributed by atoms with Crippen LogP contribution in [0.15, 0.2) is 30.3 Å². The molecule has 2 fully saturated rings. The van der Waals surface area contributed by atoms with Crippen LogP contribution < -0.4 is 0 Å². The van der Waals surface area contributed by atoms with Crippen LogP contribution in [0.2, 0.25) is 0 Å². The highest BCUT2D eigenvalue weighted by molar-refractivity contribution is 6.20. The molecule has 3 atom stereocenters. The second-order valence-corrected chi connectivity index (χ2v) is 8.35. The summed E-state index contributed by atoms with van der Waals surface area (Å²) in [5.74, 6) is 0.146. The van der Waals surface area contributed by atoms with Gasteiger partial charge >= 0.3 is 0 Å². The van der Waals surface area contributed by atoms with Gasteiger partial charge in [0, 0.05) is 19.3 Å². The normalized spacial score (nSPS) is 32.5. The van der Waals surface area contributed by atoms with E-state index in [1.165, 1.54) is 5.56 Å². The Morgan fingerprint density at radius 3 is 2.31 bits per heavy atom. The van der Waals surface area contributed by atoms with Gasteiger partial charge in [0.15, 0.2) is 17.3 Å². The smallest absolute Gasteiger partial charge is 0.151 e. The maximum atomic E-state index is 12.6. The molecule has 26 heavy (non-hydrogen) atoms. The van der Waals surface area contributed by atoms with E-state index in [9.17, 15) is 14.4 Å². The van der Waals surface area contributed by atoms with Gasteiger partial charge in [-0.1, -0.05) is 50.6 Å². The lowest BCUT2D eigenvalue weighted by Gasteiger charge is -2.41. The van der Waals surface area contributed by atoms with Crippen LogP contribution in [0.25, 0.3) is 0 Å². The van der Waals surface area contributed by atoms with E-state index in [0.717, 1.165) is 19.3 Å². The SMILES string of the molecule is CCCC(=O)C1C(=O)CC(C2CCC(C)CC2c2ccccc2)CC1=O. The Balaban J connectivity index is 1.78. The van der Waals surface area contributed by atoms with Crippen LogP contribution in [0.4, 0.5) is 0 Å². The largest absolute Gasteiger partial charge is 0.298 e. The first kappa shape index (κ1) is 19.0. The van der Waals surface area contributed by atoms with Crippen LogP contribution in [0.1, 0.15) is 70.3 Å². The first-order chi connectivity index (χ1) is 12.5. The number of benzene rings is 1. The zero-order chi connectivity index (χ0) is 18.7. The van der Waals surface area contributed by atoms with E-state index >= 15 is 0 Å². The van der Waals surface area contributed by atoms with Crippen molar-refractivity contribution in [2.24, 2.45) is 23.7 Å². The fourth-order valence-corrected chi connectivity index (χ4v) is 5.11. The average molecular weight is 354 g/mol. The average Bonchev–Trinajstić information content (AvgIpc) is 2.62. The molecule has 0 aromatic heterocycles. The van der Waals surface area contributed by atoms with Gasteiger partial charge in [-0.3, -0.25) is 14.4 Å². The van der Waals surface area contributed by atoms with Crippen molar-refractivity contribution >= 4 is 17.3 Å². The molecule has 2 aliphatic carbocycles. The molecule has 2 aliphatic rings. The van der Waals surface area contributed by atoms with Gasteiger partial charge in [-0.2, -0.15) is 0 Å². The summed E-state index contributed by atoms with van der Waals surface area (Å²) in [6.07, 6.45) is 5.16. The van der Waals surface area contributed by atoms with Gasteiger partial charge < -0.3 is 0 Å². The Labute approximate surface area is 156 Å². The van der Waals surface area contributed by atoms with E-state index in [0.29, 0.717) is 43.4 Å². The highest BCUT2D eigenvalue weighted by atomic mass is 16.2. The summed E-state index contributed by atoms with van der Waals surface area (Å²) in [6, 6.07) is 10.5. The topological polar surface area (TPSA) is 51.2 Å². The summed E-state index contributed by atoms with van der Waals surface area (Å²) in [7, 11) is 0. The van der Waals surface area contributed by atoms with Crippen LogP contribution >= 0.6 is 0 Å². The number of ketones is 3. The quantitative estimate of drug-likeness (QED) is 0.718. The first-order valence-corrected chi connectivity index (χ1v) is 10.1. The minimum Gasteiger partial charge on any atom is -0.298 e. The Kier molecular flexibility index (Phi) is 6.05. The maximum absolute atomic E-state index is 12.6. The standard InChI is InChI=1S/C23H30O3/c1-3-7-20(24)23-21(25)13-17(14-22(23)26)18-11-10-15(2)12-19(18)16-8-5-4-6-9-16/h4-6,8-9,15,17-19,23H,3,7,10-14H2,1-2H3. The second-order valence-electron chi connectivity index (χ2n) is 8.35. The molecule has 2 saturated carbocycles. The third kappa shape index (κ3) is 3.97. The molecule has 0 amide bonds. The molecular weight excluding hydrogens is 324 g/mol. The van der Waals surface area contributed by atoms with Gasteiger partial charge in [0.1, 0.15) is 5.92 Å². The molecule has 0 spiro atoms. The minimum atomic E-state index is -0.969. The number of hydrogen-bond acceptors (Lipinski definition) is 3. The lowest BCUT2D eigenvalue weighted by Crippen LogP contribution is -2.42. The molecule has 1 aromatic rings. The lowest BCUT2D eigenvalue weighted by molar-refractivity contribution is -0.144. The molecule has 3 rings (SSSR count). The third-order valence-electron chi connectivity index (χ3n) is 6.39. The van der Waals surface area contributed by atoms with Crippen molar-refractivity contribution in [2.45, 2.75) is 64.7 Å². The van der Waals surface area contributed by atoms with E-state index in [4.69, 9.17) is 0 Å². The first-order valence-electron chi connectivity index (χ1n) is 10.1. The highest BCUT2D eigenvalue weighted by Gasteiger charge is 2.44. The van der Waals surface area contributed by atoms with Crippen LogP contribution in [-0.4, -0.2) is 17.3 Å². The van der Waals surface area contributed by atoms with E-state index in [1.807, 2.05) is 13.0 Å². The molecule has 0 radical (unpaired) electrons. The molecule has 0 aliphatic heterocycles. The van der Waals surface area contributed by atoms with Crippen LogP contribution in [-0.2, 0) is 14.4 Å². The minimum absolute atomic E-state index is 0.0957. The summed E-state index contributed by atoms with van der Waals surface area (Å²) in [6.45, 7) is 4.20. The van der Waals surface area contributed by atoms with E-state index in [-0.39, 0.29) is 23.3 Å². The van der Waals surface area contributed by atoms with Gasteiger partial charge in [0.05, 0.1) is 0 Å². The van der Waals surface area contributed by atoms with Gasteiger partial charge in [-0.05, 0) is 48.5 Å². The fourth-order valence-electron chi connectivity index (χ4n) is 5.11. The number of hydrogen-bond donors (Lipinski definition) is 0. The molecule has 3 nitrogen and oxygen atoms in total. The molecule has 0 bridgehead atoms. The number of rotatable bonds is 5. The zero-order valence-electron chi connectivity index (χ0n) is 15.9. The monoisotopic (exact) mass is 354 g/mol. The molecule has 140 valence electrons. The Morgan fingerprint density at radius 2 is 1.69 bits per heavy atom. The van der Waals surface area contributed by atoms with Crippen LogP contribution in [0, 0.1) is 23.7 Å². The molecule has 0 saturated heterocycles. The molecule has 3 unspecified atom stereocenters. The van der Waals surface area contributed by atoms with Crippen molar-refractivity contribution in [3.05, 3.63) is 35.9 Å². The van der Waals surface area contributed by atoms with Crippen molar-refractivity contribution in [1.82, 2.24) is 0 Å². The summed E-state index contributed by atoms with van der Waals surface area (Å²) < 4.78 is 0. The predicted molar refractivity (Wildman–Crippen MR) is 102 cm³/mol. The Morgan fingerprint density at radius 1 is 1.04 bits per heavy atom. The van der Waals surface area contributed by atoms with Crippen molar-refractivity contribution < 1.29 is 14.4 Å². The second kappa shape index (κ2) is 8.28. The number of Topliss-reactive ketones (excluding diaryl/α,β-unsaturated/α-hetero) is 3. The van der Waals surface area contributed by atoms with Gasteiger partial charge in [-0.15, -0.1) is 0 Å². The van der Waals surface area contributed by atoms with Crippen molar-refractivity contribution in [3.63, 3.8) is 0 Å². The Hall–Kier alpha value is -1.77. The molecule has 3 heteroatoms. The van der Waals surface area contributed by atoms with E-state index < -0.39 is 5.92 Å². The van der Waals surface area contributed by atoms with Crippen molar-refractivity contribution in [2.75, 3.05) is 0 Å². The van der Waals surface area contributed by atoms with E-state index in [2.05, 4.69) is 31.2 Å². The molecule has 1 aromatic carbocycles. The summed E-state index contributed by atoms with van der Waals surface area (Å²) in [5.41, 5.74) is 1.33. The van der Waals surface area contributed by atoms with Crippen LogP contribution in [0.5, 0.6) is 0 Å². The van der Waals surface area contributed by atoms with Crippen LogP contribution in [0.3, 0.4) is 0 Å². The lowest BCUT2D eigenvalue weighted by atomic mass is 9.62. The Bertz CT molecular complexity index is 645. The predicted octanol–water partition coefficient (Wildman–Crippen LogP) is 4.74. The molecule has 0 heterocycles. The van der Waals surface area contributed by atoms with E-state index in [1.54, 1.807) is 0 Å². The zero-order valence-corrected chi connectivity index (χ0v) is 15.9. The molecular formula is C23H30O3. The third-order valence-corrected chi connectivity index (χ3v) is 6.39. The highest BCUT2D eigenvalue weighted by Crippen LogP contribution is 2.47.